The molecule has 0 radical (unpaired) electrons. The molecule has 0 aliphatic heterocycles. The molecule has 2 fully saturated rings. The van der Waals surface area contributed by atoms with Crippen molar-refractivity contribution in [2.45, 2.75) is 76.0 Å². The molecule has 7 aromatic rings. The third kappa shape index (κ3) is 6.42. The van der Waals surface area contributed by atoms with E-state index < -0.39 is 0 Å². The molecule has 3 aromatic heterocycles. The number of aromatic hydroxyl groups is 1. The van der Waals surface area contributed by atoms with Crippen molar-refractivity contribution in [3.05, 3.63) is 108 Å². The van der Waals surface area contributed by atoms with Crippen molar-refractivity contribution in [3.63, 3.8) is 0 Å². The van der Waals surface area contributed by atoms with Crippen molar-refractivity contribution >= 4 is 33.0 Å². The van der Waals surface area contributed by atoms with E-state index in [2.05, 4.69) is 52.7 Å². The topological polar surface area (TPSA) is 84.7 Å². The SMILES string of the molecule is Oc1cc2nc3ccccc3nc2cc1-c1cc(C2CCCCC2)cc(-c2[c-]c(-c3cc4ccccc4nn3)cc(C3CCCCC3)c2)n1.[Pt]. The molecular formula is C43H38N5OPt-. The molecule has 0 unspecified atom stereocenters. The summed E-state index contributed by atoms with van der Waals surface area (Å²) in [5, 5.41) is 21.8. The minimum atomic E-state index is 0. The van der Waals surface area contributed by atoms with Crippen molar-refractivity contribution in [1.29, 1.82) is 0 Å². The van der Waals surface area contributed by atoms with E-state index in [0.717, 1.165) is 68.5 Å². The third-order valence-corrected chi connectivity index (χ3v) is 10.7. The standard InChI is InChI=1S/C43H38N5O.Pt/c49-43-26-42-41(44-36-17-9-10-18-37(36)45-42)25-34(43)40-24-31(28-13-5-2-6-14-28)23-38(46-40)32-19-30(27-11-3-1-4-12-27)20-33(21-32)39-22-29-15-7-8-16-35(29)47-48-39;/h7-10,15-20,22-28,49H,1-6,11-14H2;/q-1;. The van der Waals surface area contributed by atoms with Crippen LogP contribution in [0.3, 0.4) is 0 Å². The first kappa shape index (κ1) is 32.7. The molecule has 3 heterocycles. The molecule has 1 N–H and O–H groups in total. The minimum Gasteiger partial charge on any atom is -0.507 e. The van der Waals surface area contributed by atoms with E-state index in [-0.39, 0.29) is 26.8 Å². The molecule has 0 bridgehead atoms. The normalized spacial score (nSPS) is 15.8. The van der Waals surface area contributed by atoms with Crippen molar-refractivity contribution in [1.82, 2.24) is 25.1 Å². The van der Waals surface area contributed by atoms with E-state index in [9.17, 15) is 5.11 Å². The van der Waals surface area contributed by atoms with Crippen molar-refractivity contribution in [3.8, 4) is 39.5 Å². The fourth-order valence-electron chi connectivity index (χ4n) is 8.02. The van der Waals surface area contributed by atoms with Gasteiger partial charge in [0.15, 0.2) is 0 Å². The third-order valence-electron chi connectivity index (χ3n) is 10.7. The minimum absolute atomic E-state index is 0. The maximum Gasteiger partial charge on any atom is 0.127 e. The monoisotopic (exact) mass is 835 g/mol. The Hall–Kier alpha value is -4.54. The molecule has 0 atom stereocenters. The quantitative estimate of drug-likeness (QED) is 0.137. The zero-order valence-corrected chi connectivity index (χ0v) is 30.2. The number of para-hydroxylation sites is 2. The number of phenols is 1. The number of fused-ring (bicyclic) bond motifs is 3. The van der Waals surface area contributed by atoms with Crippen LogP contribution < -0.4 is 0 Å². The van der Waals surface area contributed by atoms with Gasteiger partial charge in [0.25, 0.3) is 0 Å². The molecule has 4 aromatic carbocycles. The van der Waals surface area contributed by atoms with E-state index in [1.807, 2.05) is 48.5 Å². The second-order valence-electron chi connectivity index (χ2n) is 13.9. The van der Waals surface area contributed by atoms with Gasteiger partial charge in [-0.1, -0.05) is 92.1 Å². The summed E-state index contributed by atoms with van der Waals surface area (Å²) in [4.78, 5) is 15.0. The van der Waals surface area contributed by atoms with Gasteiger partial charge in [0.2, 0.25) is 0 Å². The van der Waals surface area contributed by atoms with Crippen molar-refractivity contribution in [2.24, 2.45) is 0 Å². The van der Waals surface area contributed by atoms with Crippen LogP contribution in [0.4, 0.5) is 0 Å². The zero-order chi connectivity index (χ0) is 32.7. The summed E-state index contributed by atoms with van der Waals surface area (Å²) < 4.78 is 0. The maximum atomic E-state index is 11.5. The van der Waals surface area contributed by atoms with Crippen LogP contribution in [0.15, 0.2) is 91.0 Å². The Morgan fingerprint density at radius 3 is 1.74 bits per heavy atom. The molecular weight excluding hydrogens is 798 g/mol. The molecule has 0 amide bonds. The van der Waals surface area contributed by atoms with Crippen molar-refractivity contribution in [2.75, 3.05) is 0 Å². The van der Waals surface area contributed by atoms with Gasteiger partial charge in [-0.15, -0.1) is 23.8 Å². The zero-order valence-electron chi connectivity index (χ0n) is 27.9. The second kappa shape index (κ2) is 14.0. The molecule has 0 spiro atoms. The average Bonchev–Trinajstić information content (AvgIpc) is 3.17. The van der Waals surface area contributed by atoms with E-state index >= 15 is 0 Å². The van der Waals surface area contributed by atoms with Gasteiger partial charge in [-0.2, -0.15) is 10.2 Å². The predicted octanol–water partition coefficient (Wildman–Crippen LogP) is 10.7. The molecule has 2 aliphatic carbocycles. The van der Waals surface area contributed by atoms with Gasteiger partial charge in [-0.05, 0) is 78.8 Å². The molecule has 2 aliphatic rings. The number of pyridine rings is 1. The van der Waals surface area contributed by atoms with Crippen LogP contribution in [0.1, 0.15) is 87.2 Å². The summed E-state index contributed by atoms with van der Waals surface area (Å²) in [6, 6.07) is 34.6. The van der Waals surface area contributed by atoms with Crippen LogP contribution >= 0.6 is 0 Å². The Bertz CT molecular complexity index is 2350. The Labute approximate surface area is 306 Å². The number of aromatic nitrogens is 5. The summed E-state index contributed by atoms with van der Waals surface area (Å²) in [6.45, 7) is 0. The fourth-order valence-corrected chi connectivity index (χ4v) is 8.02. The van der Waals surface area contributed by atoms with Crippen LogP contribution in [0.25, 0.3) is 66.7 Å². The number of nitrogens with zero attached hydrogens (tertiary/aromatic N) is 5. The molecule has 9 rings (SSSR count). The first-order valence-electron chi connectivity index (χ1n) is 17.9. The van der Waals surface area contributed by atoms with Crippen LogP contribution in [-0.4, -0.2) is 30.3 Å². The van der Waals surface area contributed by atoms with Gasteiger partial charge in [-0.3, -0.25) is 4.98 Å². The smallest absolute Gasteiger partial charge is 0.127 e. The second-order valence-corrected chi connectivity index (χ2v) is 13.9. The summed E-state index contributed by atoms with van der Waals surface area (Å²) in [5.74, 6) is 1.10. The number of phenolic OH excluding ortho intramolecular Hbond substituents is 1. The Kier molecular flexibility index (Phi) is 9.14. The van der Waals surface area contributed by atoms with E-state index in [0.29, 0.717) is 22.9 Å². The predicted molar refractivity (Wildman–Crippen MR) is 196 cm³/mol. The Morgan fingerprint density at radius 2 is 1.06 bits per heavy atom. The van der Waals surface area contributed by atoms with Crippen LogP contribution in [-0.2, 0) is 21.1 Å². The Morgan fingerprint density at radius 1 is 0.500 bits per heavy atom. The van der Waals surface area contributed by atoms with E-state index in [4.69, 9.17) is 15.0 Å². The fraction of sp³-hybridized carbons (Fsp3) is 0.279. The Balaban J connectivity index is 0.00000361. The maximum absolute atomic E-state index is 11.5. The molecule has 50 heavy (non-hydrogen) atoms. The molecule has 6 nitrogen and oxygen atoms in total. The number of hydrogen-bond donors (Lipinski definition) is 1. The van der Waals surface area contributed by atoms with Gasteiger partial charge in [0.05, 0.1) is 33.3 Å². The van der Waals surface area contributed by atoms with Crippen LogP contribution in [0, 0.1) is 6.07 Å². The largest absolute Gasteiger partial charge is 0.507 e. The first-order valence-corrected chi connectivity index (χ1v) is 17.9. The van der Waals surface area contributed by atoms with Crippen LogP contribution in [0.5, 0.6) is 5.75 Å². The molecule has 0 saturated heterocycles. The van der Waals surface area contributed by atoms with Crippen molar-refractivity contribution < 1.29 is 26.2 Å². The van der Waals surface area contributed by atoms with Gasteiger partial charge >= 0.3 is 0 Å². The van der Waals surface area contributed by atoms with Gasteiger partial charge in [0, 0.05) is 44.1 Å². The molecule has 252 valence electrons. The summed E-state index contributed by atoms with van der Waals surface area (Å²) in [6.07, 6.45) is 12.3. The van der Waals surface area contributed by atoms with Crippen LogP contribution in [0.2, 0.25) is 0 Å². The number of hydrogen-bond acceptors (Lipinski definition) is 6. The van der Waals surface area contributed by atoms with E-state index in [1.54, 1.807) is 6.07 Å². The number of benzene rings is 4. The summed E-state index contributed by atoms with van der Waals surface area (Å²) in [7, 11) is 0. The number of rotatable bonds is 5. The van der Waals surface area contributed by atoms with Gasteiger partial charge < -0.3 is 5.11 Å². The van der Waals surface area contributed by atoms with Gasteiger partial charge in [0.1, 0.15) is 5.75 Å². The van der Waals surface area contributed by atoms with Gasteiger partial charge in [-0.25, -0.2) is 9.97 Å². The first-order chi connectivity index (χ1) is 24.1. The molecule has 2 saturated carbocycles. The summed E-state index contributed by atoms with van der Waals surface area (Å²) in [5.41, 5.74) is 11.5. The molecule has 7 heteroatoms. The van der Waals surface area contributed by atoms with E-state index in [1.165, 1.54) is 62.5 Å². The summed E-state index contributed by atoms with van der Waals surface area (Å²) >= 11 is 0. The average molecular weight is 836 g/mol.